The number of fused-ring (bicyclic) bond motifs is 1. The van der Waals surface area contributed by atoms with Gasteiger partial charge in [-0.05, 0) is 37.1 Å². The zero-order chi connectivity index (χ0) is 18.1. The molecule has 0 radical (unpaired) electrons. The lowest BCUT2D eigenvalue weighted by Gasteiger charge is -2.20. The first kappa shape index (κ1) is 16.7. The fourth-order valence-electron chi connectivity index (χ4n) is 3.05. The molecule has 0 bridgehead atoms. The minimum atomic E-state index is -4.12. The number of aromatic nitrogens is 2. The van der Waals surface area contributed by atoms with Crippen molar-refractivity contribution in [2.75, 3.05) is 22.7 Å². The fraction of sp³-hybridized carbons (Fsp3) is 0.222. The summed E-state index contributed by atoms with van der Waals surface area (Å²) >= 11 is 0. The van der Waals surface area contributed by atoms with Crippen LogP contribution in [0.1, 0.15) is 12.8 Å². The number of benzene rings is 2. The predicted molar refractivity (Wildman–Crippen MR) is 98.2 cm³/mol. The third-order valence-electron chi connectivity index (χ3n) is 4.31. The number of halogens is 1. The van der Waals surface area contributed by atoms with E-state index in [0.717, 1.165) is 32.0 Å². The van der Waals surface area contributed by atoms with Crippen molar-refractivity contribution in [3.8, 4) is 0 Å². The molecule has 0 saturated carbocycles. The van der Waals surface area contributed by atoms with Crippen LogP contribution >= 0.6 is 0 Å². The van der Waals surface area contributed by atoms with E-state index in [1.807, 2.05) is 23.1 Å². The van der Waals surface area contributed by atoms with Crippen LogP contribution in [0.4, 0.5) is 16.0 Å². The van der Waals surface area contributed by atoms with Crippen molar-refractivity contribution in [2.24, 2.45) is 0 Å². The van der Waals surface area contributed by atoms with Crippen LogP contribution in [0, 0.1) is 5.82 Å². The van der Waals surface area contributed by atoms with Crippen molar-refractivity contribution in [2.45, 2.75) is 17.7 Å². The van der Waals surface area contributed by atoms with Crippen LogP contribution in [0.25, 0.3) is 11.0 Å². The molecule has 1 saturated heterocycles. The SMILES string of the molecule is O=S(=O)(Nc1nc2ccccc2nc1N1CCCC1)c1ccccc1F. The Kier molecular flexibility index (Phi) is 4.20. The lowest BCUT2D eigenvalue weighted by Crippen LogP contribution is -2.23. The van der Waals surface area contributed by atoms with E-state index >= 15 is 0 Å². The summed E-state index contributed by atoms with van der Waals surface area (Å²) in [4.78, 5) is 10.6. The molecular weight excluding hydrogens is 355 g/mol. The molecule has 1 N–H and O–H groups in total. The number of sulfonamides is 1. The average molecular weight is 372 g/mol. The van der Waals surface area contributed by atoms with E-state index in [2.05, 4.69) is 14.7 Å². The third-order valence-corrected chi connectivity index (χ3v) is 5.69. The topological polar surface area (TPSA) is 75.2 Å². The van der Waals surface area contributed by atoms with Crippen LogP contribution in [0.15, 0.2) is 53.4 Å². The van der Waals surface area contributed by atoms with E-state index in [1.54, 1.807) is 6.07 Å². The van der Waals surface area contributed by atoms with Gasteiger partial charge in [-0.25, -0.2) is 22.8 Å². The molecule has 2 heterocycles. The van der Waals surface area contributed by atoms with E-state index in [1.165, 1.54) is 18.2 Å². The number of hydrogen-bond acceptors (Lipinski definition) is 5. The lowest BCUT2D eigenvalue weighted by molar-refractivity contribution is 0.570. The largest absolute Gasteiger partial charge is 0.354 e. The minimum absolute atomic E-state index is 0.119. The van der Waals surface area contributed by atoms with Crippen molar-refractivity contribution in [1.29, 1.82) is 0 Å². The smallest absolute Gasteiger partial charge is 0.266 e. The Morgan fingerprint density at radius 1 is 0.923 bits per heavy atom. The van der Waals surface area contributed by atoms with Gasteiger partial charge in [0.25, 0.3) is 10.0 Å². The highest BCUT2D eigenvalue weighted by molar-refractivity contribution is 7.92. The van der Waals surface area contributed by atoms with E-state index in [0.29, 0.717) is 16.9 Å². The molecule has 1 aliphatic rings. The van der Waals surface area contributed by atoms with Gasteiger partial charge in [-0.15, -0.1) is 0 Å². The molecule has 0 amide bonds. The number of nitrogens with one attached hydrogen (secondary N) is 1. The number of anilines is 2. The molecule has 0 spiro atoms. The number of nitrogens with zero attached hydrogens (tertiary/aromatic N) is 3. The first-order chi connectivity index (χ1) is 12.5. The molecule has 0 atom stereocenters. The van der Waals surface area contributed by atoms with Crippen molar-refractivity contribution in [3.63, 3.8) is 0 Å². The highest BCUT2D eigenvalue weighted by Gasteiger charge is 2.25. The van der Waals surface area contributed by atoms with E-state index < -0.39 is 20.7 Å². The van der Waals surface area contributed by atoms with Crippen molar-refractivity contribution in [3.05, 3.63) is 54.3 Å². The highest BCUT2D eigenvalue weighted by atomic mass is 32.2. The maximum atomic E-state index is 14.0. The van der Waals surface area contributed by atoms with Gasteiger partial charge in [0.1, 0.15) is 10.7 Å². The average Bonchev–Trinajstić information content (AvgIpc) is 3.15. The van der Waals surface area contributed by atoms with Gasteiger partial charge in [0.15, 0.2) is 11.6 Å². The Morgan fingerprint density at radius 3 is 2.23 bits per heavy atom. The van der Waals surface area contributed by atoms with Gasteiger partial charge in [0.05, 0.1) is 11.0 Å². The van der Waals surface area contributed by atoms with Gasteiger partial charge >= 0.3 is 0 Å². The van der Waals surface area contributed by atoms with Gasteiger partial charge in [0, 0.05) is 13.1 Å². The normalized spacial score (nSPS) is 14.7. The maximum Gasteiger partial charge on any atom is 0.266 e. The molecule has 1 fully saturated rings. The first-order valence-corrected chi connectivity index (χ1v) is 9.82. The molecule has 2 aromatic carbocycles. The van der Waals surface area contributed by atoms with Gasteiger partial charge in [-0.2, -0.15) is 0 Å². The predicted octanol–water partition coefficient (Wildman–Crippen LogP) is 3.17. The van der Waals surface area contributed by atoms with Gasteiger partial charge in [0.2, 0.25) is 0 Å². The Morgan fingerprint density at radius 2 is 1.54 bits per heavy atom. The van der Waals surface area contributed by atoms with E-state index in [9.17, 15) is 12.8 Å². The molecule has 4 rings (SSSR count). The van der Waals surface area contributed by atoms with Crippen molar-refractivity contribution in [1.82, 2.24) is 9.97 Å². The number of para-hydroxylation sites is 2. The Balaban J connectivity index is 1.82. The second-order valence-corrected chi connectivity index (χ2v) is 7.77. The van der Waals surface area contributed by atoms with Crippen LogP contribution < -0.4 is 9.62 Å². The zero-order valence-corrected chi connectivity index (χ0v) is 14.7. The van der Waals surface area contributed by atoms with Crippen LogP contribution in [-0.2, 0) is 10.0 Å². The summed E-state index contributed by atoms with van der Waals surface area (Å²) in [5.41, 5.74) is 1.25. The fourth-order valence-corrected chi connectivity index (χ4v) is 4.14. The summed E-state index contributed by atoms with van der Waals surface area (Å²) < 4.78 is 41.8. The lowest BCUT2D eigenvalue weighted by atomic mass is 10.3. The summed E-state index contributed by atoms with van der Waals surface area (Å²) in [5, 5.41) is 0. The Hall–Kier alpha value is -2.74. The van der Waals surface area contributed by atoms with Crippen LogP contribution in [-0.4, -0.2) is 31.5 Å². The Labute approximate surface area is 150 Å². The van der Waals surface area contributed by atoms with Crippen LogP contribution in [0.5, 0.6) is 0 Å². The summed E-state index contributed by atoms with van der Waals surface area (Å²) in [6.07, 6.45) is 2.02. The summed E-state index contributed by atoms with van der Waals surface area (Å²) in [5.74, 6) is -0.216. The van der Waals surface area contributed by atoms with Gasteiger partial charge < -0.3 is 4.90 Å². The second kappa shape index (κ2) is 6.53. The summed E-state index contributed by atoms with van der Waals surface area (Å²) in [6.45, 7) is 1.56. The standard InChI is InChI=1S/C18H17FN4O2S/c19-13-7-1-4-10-16(13)26(24,25)22-17-18(23-11-5-6-12-23)21-15-9-3-2-8-14(15)20-17/h1-4,7-10H,5-6,11-12H2,(H,20,22). The van der Waals surface area contributed by atoms with E-state index in [4.69, 9.17) is 0 Å². The number of hydrogen-bond donors (Lipinski definition) is 1. The molecule has 0 aliphatic carbocycles. The molecule has 1 aromatic heterocycles. The molecule has 0 unspecified atom stereocenters. The molecule has 134 valence electrons. The minimum Gasteiger partial charge on any atom is -0.354 e. The Bertz CT molecular complexity index is 1070. The molecule has 6 nitrogen and oxygen atoms in total. The molecular formula is C18H17FN4O2S. The zero-order valence-electron chi connectivity index (χ0n) is 13.9. The maximum absolute atomic E-state index is 14.0. The molecule has 3 aromatic rings. The molecule has 26 heavy (non-hydrogen) atoms. The molecule has 1 aliphatic heterocycles. The van der Waals surface area contributed by atoms with Gasteiger partial charge in [-0.1, -0.05) is 24.3 Å². The molecule has 8 heteroatoms. The summed E-state index contributed by atoms with van der Waals surface area (Å²) in [6, 6.07) is 12.5. The third kappa shape index (κ3) is 3.08. The van der Waals surface area contributed by atoms with Crippen molar-refractivity contribution < 1.29 is 12.8 Å². The van der Waals surface area contributed by atoms with Crippen LogP contribution in [0.2, 0.25) is 0 Å². The highest BCUT2D eigenvalue weighted by Crippen LogP contribution is 2.29. The first-order valence-electron chi connectivity index (χ1n) is 8.34. The monoisotopic (exact) mass is 372 g/mol. The number of rotatable bonds is 4. The van der Waals surface area contributed by atoms with Crippen LogP contribution in [0.3, 0.4) is 0 Å². The van der Waals surface area contributed by atoms with Gasteiger partial charge in [-0.3, -0.25) is 4.72 Å². The second-order valence-electron chi connectivity index (χ2n) is 6.11. The van der Waals surface area contributed by atoms with E-state index in [-0.39, 0.29) is 5.82 Å². The summed E-state index contributed by atoms with van der Waals surface area (Å²) in [7, 11) is -4.12. The van der Waals surface area contributed by atoms with Crippen molar-refractivity contribution >= 4 is 32.7 Å². The quantitative estimate of drug-likeness (QED) is 0.761.